The number of methoxy groups -OCH3 is 3. The summed E-state index contributed by atoms with van der Waals surface area (Å²) in [6.07, 6.45) is 0.731. The molecule has 9 heteroatoms. The smallest absolute Gasteiger partial charge is 0.357 e. The van der Waals surface area contributed by atoms with Crippen LogP contribution in [0.5, 0.6) is 17.2 Å². The molecule has 0 atom stereocenters. The topological polar surface area (TPSA) is 98.1 Å². The Kier molecular flexibility index (Phi) is 5.98. The first-order valence-corrected chi connectivity index (χ1v) is 9.92. The van der Waals surface area contributed by atoms with Crippen LogP contribution in [0.25, 0.3) is 16.9 Å². The highest BCUT2D eigenvalue weighted by atomic mass is 16.5. The Morgan fingerprint density at radius 3 is 2.22 bits per heavy atom. The number of nitrogens with zero attached hydrogens (tertiary/aromatic N) is 2. The molecule has 0 radical (unpaired) electrons. The molecular weight excluding hydrogens is 416 g/mol. The van der Waals surface area contributed by atoms with E-state index in [-0.39, 0.29) is 17.0 Å². The van der Waals surface area contributed by atoms with Gasteiger partial charge in [0.05, 0.1) is 40.2 Å². The van der Waals surface area contributed by atoms with Gasteiger partial charge in [-0.3, -0.25) is 0 Å². The number of aromatic nitrogens is 2. The van der Waals surface area contributed by atoms with Crippen molar-refractivity contribution in [3.8, 4) is 34.2 Å². The summed E-state index contributed by atoms with van der Waals surface area (Å²) in [6.45, 7) is 0.993. The first kappa shape index (κ1) is 21.2. The number of esters is 2. The van der Waals surface area contributed by atoms with E-state index in [4.69, 9.17) is 23.7 Å². The van der Waals surface area contributed by atoms with Crippen LogP contribution in [-0.2, 0) is 9.47 Å². The average Bonchev–Trinajstić information content (AvgIpc) is 3.09. The normalized spacial score (nSPS) is 12.6. The number of hydrogen-bond donors (Lipinski definition) is 0. The van der Waals surface area contributed by atoms with Crippen LogP contribution in [-0.4, -0.2) is 56.3 Å². The molecule has 0 aliphatic carbocycles. The van der Waals surface area contributed by atoms with Gasteiger partial charge in [0, 0.05) is 18.1 Å². The van der Waals surface area contributed by atoms with Gasteiger partial charge in [0.15, 0.2) is 17.2 Å². The van der Waals surface area contributed by atoms with E-state index in [2.05, 4.69) is 5.10 Å². The van der Waals surface area contributed by atoms with Crippen LogP contribution >= 0.6 is 0 Å². The molecule has 9 nitrogen and oxygen atoms in total. The molecule has 0 unspecified atom stereocenters. The number of benzene rings is 2. The number of para-hydroxylation sites is 1. The number of hydrogen-bond acceptors (Lipinski definition) is 8. The minimum Gasteiger partial charge on any atom is -0.496 e. The highest BCUT2D eigenvalue weighted by Gasteiger charge is 2.33. The van der Waals surface area contributed by atoms with E-state index in [1.807, 2.05) is 6.07 Å². The predicted molar refractivity (Wildman–Crippen MR) is 114 cm³/mol. The molecule has 0 N–H and O–H groups in total. The van der Waals surface area contributed by atoms with Crippen LogP contribution in [0.4, 0.5) is 0 Å². The van der Waals surface area contributed by atoms with Crippen LogP contribution in [0.15, 0.2) is 42.5 Å². The van der Waals surface area contributed by atoms with E-state index in [0.717, 1.165) is 6.42 Å². The van der Waals surface area contributed by atoms with Gasteiger partial charge < -0.3 is 23.7 Å². The van der Waals surface area contributed by atoms with Gasteiger partial charge in [0.1, 0.15) is 17.0 Å². The third kappa shape index (κ3) is 3.73. The van der Waals surface area contributed by atoms with Gasteiger partial charge in [0.2, 0.25) is 0 Å². The van der Waals surface area contributed by atoms with Crippen molar-refractivity contribution in [3.63, 3.8) is 0 Å². The van der Waals surface area contributed by atoms with E-state index >= 15 is 0 Å². The SMILES string of the molecule is COC(=O)c1c(-c2cc3c(cc2OC)OCCCO3)nn(-c2ccccc2)c1C(=O)OC. The minimum atomic E-state index is -0.739. The van der Waals surface area contributed by atoms with Crippen molar-refractivity contribution >= 4 is 11.9 Å². The molecule has 0 bridgehead atoms. The number of rotatable bonds is 5. The second kappa shape index (κ2) is 9.01. The highest BCUT2D eigenvalue weighted by Crippen LogP contribution is 2.42. The molecule has 1 aliphatic rings. The van der Waals surface area contributed by atoms with Crippen LogP contribution < -0.4 is 14.2 Å². The lowest BCUT2D eigenvalue weighted by molar-refractivity contribution is 0.0549. The third-order valence-electron chi connectivity index (χ3n) is 4.98. The summed E-state index contributed by atoms with van der Waals surface area (Å²) in [4.78, 5) is 25.6. The molecule has 0 fully saturated rings. The number of ether oxygens (including phenoxy) is 5. The lowest BCUT2D eigenvalue weighted by Gasteiger charge is -2.13. The minimum absolute atomic E-state index is 0.0454. The first-order valence-electron chi connectivity index (χ1n) is 9.92. The van der Waals surface area contributed by atoms with E-state index in [9.17, 15) is 9.59 Å². The Labute approximate surface area is 184 Å². The lowest BCUT2D eigenvalue weighted by atomic mass is 10.0. The van der Waals surface area contributed by atoms with Gasteiger partial charge in [-0.15, -0.1) is 0 Å². The molecule has 2 heterocycles. The van der Waals surface area contributed by atoms with Gasteiger partial charge in [-0.2, -0.15) is 5.10 Å². The maximum atomic E-state index is 12.9. The molecule has 32 heavy (non-hydrogen) atoms. The maximum absolute atomic E-state index is 12.9. The van der Waals surface area contributed by atoms with Crippen molar-refractivity contribution in [2.45, 2.75) is 6.42 Å². The van der Waals surface area contributed by atoms with Crippen molar-refractivity contribution < 1.29 is 33.3 Å². The molecule has 0 amide bonds. The van der Waals surface area contributed by atoms with Crippen LogP contribution in [0.1, 0.15) is 27.3 Å². The van der Waals surface area contributed by atoms with Gasteiger partial charge >= 0.3 is 11.9 Å². The molecule has 4 rings (SSSR count). The van der Waals surface area contributed by atoms with Crippen LogP contribution in [0.2, 0.25) is 0 Å². The zero-order valence-corrected chi connectivity index (χ0v) is 17.9. The molecule has 0 saturated carbocycles. The quantitative estimate of drug-likeness (QED) is 0.560. The first-order chi connectivity index (χ1) is 15.6. The summed E-state index contributed by atoms with van der Waals surface area (Å²) < 4.78 is 28.4. The fourth-order valence-corrected chi connectivity index (χ4v) is 3.49. The Bertz CT molecular complexity index is 1150. The Morgan fingerprint density at radius 1 is 0.938 bits per heavy atom. The Morgan fingerprint density at radius 2 is 1.59 bits per heavy atom. The summed E-state index contributed by atoms with van der Waals surface area (Å²) in [5.41, 5.74) is 1.09. The highest BCUT2D eigenvalue weighted by molar-refractivity contribution is 6.07. The van der Waals surface area contributed by atoms with Crippen molar-refractivity contribution in [2.75, 3.05) is 34.5 Å². The third-order valence-corrected chi connectivity index (χ3v) is 4.98. The number of carbonyl (C=O) groups excluding carboxylic acids is 2. The molecule has 3 aromatic rings. The van der Waals surface area contributed by atoms with Crippen molar-refractivity contribution in [1.29, 1.82) is 0 Å². The second-order valence-corrected chi connectivity index (χ2v) is 6.85. The molecule has 1 aliphatic heterocycles. The zero-order valence-electron chi connectivity index (χ0n) is 17.9. The molecule has 0 saturated heterocycles. The summed E-state index contributed by atoms with van der Waals surface area (Å²) in [5, 5.41) is 4.61. The Balaban J connectivity index is 2.03. The van der Waals surface area contributed by atoms with E-state index in [1.165, 1.54) is 26.0 Å². The number of fused-ring (bicyclic) bond motifs is 1. The van der Waals surface area contributed by atoms with Crippen molar-refractivity contribution in [2.24, 2.45) is 0 Å². The standard InChI is InChI=1S/C23H22N2O7/c1-28-16-13-18-17(31-10-7-11-32-18)12-15(16)20-19(22(26)29-2)21(23(27)30-3)25(24-20)14-8-5-4-6-9-14/h4-6,8-9,12-13H,7,10-11H2,1-3H3. The van der Waals surface area contributed by atoms with Crippen molar-refractivity contribution in [1.82, 2.24) is 9.78 Å². The van der Waals surface area contributed by atoms with E-state index in [1.54, 1.807) is 36.4 Å². The fraction of sp³-hybridized carbons (Fsp3) is 0.261. The molecule has 1 aromatic heterocycles. The average molecular weight is 438 g/mol. The summed E-state index contributed by atoms with van der Waals surface area (Å²) in [5.74, 6) is -0.0621. The van der Waals surface area contributed by atoms with Crippen LogP contribution in [0.3, 0.4) is 0 Å². The molecule has 2 aromatic carbocycles. The van der Waals surface area contributed by atoms with Crippen LogP contribution in [0, 0.1) is 0 Å². The number of carbonyl (C=O) groups is 2. The summed E-state index contributed by atoms with van der Waals surface area (Å²) >= 11 is 0. The van der Waals surface area contributed by atoms with Gasteiger partial charge in [0.25, 0.3) is 0 Å². The van der Waals surface area contributed by atoms with Gasteiger partial charge in [-0.05, 0) is 18.2 Å². The summed E-state index contributed by atoms with van der Waals surface area (Å²) in [6, 6.07) is 12.3. The van der Waals surface area contributed by atoms with Gasteiger partial charge in [-0.25, -0.2) is 14.3 Å². The zero-order chi connectivity index (χ0) is 22.7. The molecular formula is C23H22N2O7. The van der Waals surface area contributed by atoms with E-state index in [0.29, 0.717) is 41.7 Å². The van der Waals surface area contributed by atoms with Crippen molar-refractivity contribution in [3.05, 3.63) is 53.7 Å². The monoisotopic (exact) mass is 438 g/mol. The molecule has 166 valence electrons. The second-order valence-electron chi connectivity index (χ2n) is 6.85. The van der Waals surface area contributed by atoms with E-state index < -0.39 is 11.9 Å². The fourth-order valence-electron chi connectivity index (χ4n) is 3.49. The maximum Gasteiger partial charge on any atom is 0.357 e. The largest absolute Gasteiger partial charge is 0.496 e. The predicted octanol–water partition coefficient (Wildman–Crippen LogP) is 3.28. The summed E-state index contributed by atoms with van der Waals surface area (Å²) in [7, 11) is 3.97. The lowest BCUT2D eigenvalue weighted by Crippen LogP contribution is -2.15. The Hall–Kier alpha value is -4.01. The molecule has 0 spiro atoms. The van der Waals surface area contributed by atoms with Gasteiger partial charge in [-0.1, -0.05) is 18.2 Å².